The first kappa shape index (κ1) is 18.8. The largest absolute Gasteiger partial charge is 0.337 e. The van der Waals surface area contributed by atoms with Gasteiger partial charge in [0.15, 0.2) is 0 Å². The molecule has 130 valence electrons. The van der Waals surface area contributed by atoms with E-state index < -0.39 is 22.8 Å². The van der Waals surface area contributed by atoms with Crippen molar-refractivity contribution in [3.05, 3.63) is 10.6 Å². The number of hydrogen-bond donors (Lipinski definition) is 2. The van der Waals surface area contributed by atoms with Crippen molar-refractivity contribution in [1.29, 1.82) is 15.8 Å². The third-order valence-corrected chi connectivity index (χ3v) is 5.71. The van der Waals surface area contributed by atoms with Crippen molar-refractivity contribution >= 4 is 23.6 Å². The van der Waals surface area contributed by atoms with Gasteiger partial charge in [-0.1, -0.05) is 25.6 Å². The number of thioether (sulfide) groups is 1. The summed E-state index contributed by atoms with van der Waals surface area (Å²) in [5, 5.41) is 33.5. The van der Waals surface area contributed by atoms with Gasteiger partial charge >= 0.3 is 0 Å². The van der Waals surface area contributed by atoms with E-state index in [-0.39, 0.29) is 23.2 Å². The summed E-state index contributed by atoms with van der Waals surface area (Å²) in [6.45, 7) is 5.04. The van der Waals surface area contributed by atoms with Crippen LogP contribution in [-0.4, -0.2) is 23.1 Å². The van der Waals surface area contributed by atoms with Gasteiger partial charge in [-0.25, -0.2) is 0 Å². The molecule has 2 rings (SSSR count). The molecule has 2 amide bonds. The van der Waals surface area contributed by atoms with Gasteiger partial charge in [0.2, 0.25) is 11.8 Å². The van der Waals surface area contributed by atoms with Crippen LogP contribution >= 0.6 is 11.8 Å². The maximum atomic E-state index is 12.2. The molecule has 0 saturated heterocycles. The standard InChI is InChI=1S/C17H19N5O2S/c1-16(2)11(6-18)14(24)21-15(12(16)7-19)25-8-13(23)22-17(3,9-20)10-4-5-10/h10-11H,4-5,8H2,1-3H3,(H,21,24)(H,22,23)/t11-,17+/m1/s1. The molecule has 0 spiro atoms. The van der Waals surface area contributed by atoms with Crippen molar-refractivity contribution in [3.8, 4) is 18.2 Å². The summed E-state index contributed by atoms with van der Waals surface area (Å²) in [5.41, 5.74) is -1.54. The second-order valence-electron chi connectivity index (χ2n) is 7.01. The second kappa shape index (κ2) is 6.78. The Bertz CT molecular complexity index is 763. The predicted molar refractivity (Wildman–Crippen MR) is 91.0 cm³/mol. The highest BCUT2D eigenvalue weighted by atomic mass is 32.2. The van der Waals surface area contributed by atoms with Crippen LogP contribution in [0.25, 0.3) is 0 Å². The molecule has 2 atom stereocenters. The van der Waals surface area contributed by atoms with Gasteiger partial charge in [-0.15, -0.1) is 0 Å². The molecule has 8 heteroatoms. The van der Waals surface area contributed by atoms with Crippen molar-refractivity contribution in [2.45, 2.75) is 39.2 Å². The second-order valence-corrected chi connectivity index (χ2v) is 8.00. The van der Waals surface area contributed by atoms with Crippen molar-refractivity contribution in [1.82, 2.24) is 10.6 Å². The minimum Gasteiger partial charge on any atom is -0.337 e. The van der Waals surface area contributed by atoms with E-state index in [1.807, 2.05) is 12.1 Å². The molecule has 0 aromatic heterocycles. The molecule has 1 heterocycles. The lowest BCUT2D eigenvalue weighted by Gasteiger charge is -2.34. The molecule has 2 N–H and O–H groups in total. The molecule has 1 aliphatic heterocycles. The zero-order valence-corrected chi connectivity index (χ0v) is 15.2. The van der Waals surface area contributed by atoms with Crippen LogP contribution in [0.4, 0.5) is 0 Å². The summed E-state index contributed by atoms with van der Waals surface area (Å²) >= 11 is 1.03. The molecular formula is C17H19N5O2S. The topological polar surface area (TPSA) is 130 Å². The first-order valence-corrected chi connectivity index (χ1v) is 8.88. The van der Waals surface area contributed by atoms with Crippen molar-refractivity contribution in [3.63, 3.8) is 0 Å². The molecule has 0 radical (unpaired) electrons. The van der Waals surface area contributed by atoms with Crippen molar-refractivity contribution in [2.75, 3.05) is 5.75 Å². The number of nitriles is 3. The normalized spacial score (nSPS) is 24.2. The van der Waals surface area contributed by atoms with Crippen LogP contribution in [0.15, 0.2) is 10.6 Å². The Labute approximate surface area is 151 Å². The molecule has 0 bridgehead atoms. The van der Waals surface area contributed by atoms with Crippen LogP contribution in [0.5, 0.6) is 0 Å². The number of nitrogens with one attached hydrogen (secondary N) is 2. The highest BCUT2D eigenvalue weighted by molar-refractivity contribution is 8.03. The Kier molecular flexibility index (Phi) is 5.11. The van der Waals surface area contributed by atoms with Gasteiger partial charge in [-0.2, -0.15) is 15.8 Å². The Morgan fingerprint density at radius 1 is 1.40 bits per heavy atom. The van der Waals surface area contributed by atoms with Gasteiger partial charge in [0, 0.05) is 5.41 Å². The predicted octanol–water partition coefficient (Wildman–Crippen LogP) is 1.56. The highest BCUT2D eigenvalue weighted by Gasteiger charge is 2.45. The summed E-state index contributed by atoms with van der Waals surface area (Å²) in [5.74, 6) is -1.63. The minimum absolute atomic E-state index is 0.0297. The number of carbonyl (C=O) groups is 2. The molecule has 1 fully saturated rings. The number of carbonyl (C=O) groups excluding carboxylic acids is 2. The van der Waals surface area contributed by atoms with E-state index in [2.05, 4.69) is 16.7 Å². The first-order chi connectivity index (χ1) is 11.7. The lowest BCUT2D eigenvalue weighted by molar-refractivity contribution is -0.125. The summed E-state index contributed by atoms with van der Waals surface area (Å²) in [6, 6.07) is 6.13. The Morgan fingerprint density at radius 3 is 2.52 bits per heavy atom. The van der Waals surface area contributed by atoms with E-state index in [4.69, 9.17) is 0 Å². The van der Waals surface area contributed by atoms with Crippen LogP contribution in [0.1, 0.15) is 33.6 Å². The monoisotopic (exact) mass is 357 g/mol. The van der Waals surface area contributed by atoms with Crippen LogP contribution in [0, 0.1) is 51.2 Å². The molecule has 1 saturated carbocycles. The SMILES string of the molecule is CC1(C)C(C#N)=C(SCC(=O)N[C@@](C)(C#N)C2CC2)NC(=O)[C@H]1C#N. The Balaban J connectivity index is 2.11. The van der Waals surface area contributed by atoms with E-state index in [1.165, 1.54) is 0 Å². The van der Waals surface area contributed by atoms with E-state index >= 15 is 0 Å². The minimum atomic E-state index is -0.961. The molecular weight excluding hydrogens is 338 g/mol. The molecule has 1 aliphatic carbocycles. The molecule has 25 heavy (non-hydrogen) atoms. The number of hydrogen-bond acceptors (Lipinski definition) is 6. The average molecular weight is 357 g/mol. The summed E-state index contributed by atoms with van der Waals surface area (Å²) in [7, 11) is 0. The molecule has 0 aromatic carbocycles. The first-order valence-electron chi connectivity index (χ1n) is 7.90. The van der Waals surface area contributed by atoms with E-state index in [1.54, 1.807) is 20.8 Å². The maximum absolute atomic E-state index is 12.2. The zero-order valence-electron chi connectivity index (χ0n) is 14.3. The lowest BCUT2D eigenvalue weighted by atomic mass is 9.72. The quantitative estimate of drug-likeness (QED) is 0.768. The van der Waals surface area contributed by atoms with Crippen molar-refractivity contribution in [2.24, 2.45) is 17.3 Å². The molecule has 2 aliphatic rings. The highest BCUT2D eigenvalue weighted by Crippen LogP contribution is 2.42. The van der Waals surface area contributed by atoms with Gasteiger partial charge in [-0.05, 0) is 25.7 Å². The third kappa shape index (κ3) is 3.62. The lowest BCUT2D eigenvalue weighted by Crippen LogP contribution is -2.48. The zero-order chi connectivity index (χ0) is 18.8. The summed E-state index contributed by atoms with van der Waals surface area (Å²) in [6.07, 6.45) is 1.84. The fraction of sp³-hybridized carbons (Fsp3) is 0.588. The number of allylic oxidation sites excluding steroid dienone is 1. The summed E-state index contributed by atoms with van der Waals surface area (Å²) < 4.78 is 0. The third-order valence-electron chi connectivity index (χ3n) is 4.71. The van der Waals surface area contributed by atoms with Gasteiger partial charge in [0.05, 0.1) is 34.6 Å². The summed E-state index contributed by atoms with van der Waals surface area (Å²) in [4.78, 5) is 24.3. The van der Waals surface area contributed by atoms with Gasteiger partial charge in [0.25, 0.3) is 0 Å². The average Bonchev–Trinajstić information content (AvgIpc) is 3.37. The maximum Gasteiger partial charge on any atom is 0.243 e. The molecule has 0 unspecified atom stereocenters. The van der Waals surface area contributed by atoms with Crippen LogP contribution < -0.4 is 10.6 Å². The Hall–Kier alpha value is -2.50. The van der Waals surface area contributed by atoms with Crippen LogP contribution in [-0.2, 0) is 9.59 Å². The number of nitrogens with zero attached hydrogens (tertiary/aromatic N) is 3. The number of rotatable bonds is 5. The van der Waals surface area contributed by atoms with E-state index in [9.17, 15) is 25.4 Å². The van der Waals surface area contributed by atoms with Crippen LogP contribution in [0.2, 0.25) is 0 Å². The Morgan fingerprint density at radius 2 is 2.04 bits per heavy atom. The fourth-order valence-corrected chi connectivity index (χ4v) is 3.85. The molecule has 0 aromatic rings. The van der Waals surface area contributed by atoms with Crippen molar-refractivity contribution < 1.29 is 9.59 Å². The smallest absolute Gasteiger partial charge is 0.243 e. The van der Waals surface area contributed by atoms with E-state index in [0.717, 1.165) is 24.6 Å². The van der Waals surface area contributed by atoms with Gasteiger partial charge in [0.1, 0.15) is 11.5 Å². The van der Waals surface area contributed by atoms with E-state index in [0.29, 0.717) is 5.03 Å². The van der Waals surface area contributed by atoms with Gasteiger partial charge < -0.3 is 10.6 Å². The fourth-order valence-electron chi connectivity index (χ4n) is 2.88. The number of amides is 2. The van der Waals surface area contributed by atoms with Crippen LogP contribution in [0.3, 0.4) is 0 Å². The van der Waals surface area contributed by atoms with Gasteiger partial charge in [-0.3, -0.25) is 9.59 Å². The molecule has 7 nitrogen and oxygen atoms in total.